The van der Waals surface area contributed by atoms with E-state index in [2.05, 4.69) is 70.5 Å². The molecule has 136 valence electrons. The molecule has 25 heavy (non-hydrogen) atoms. The fourth-order valence-electron chi connectivity index (χ4n) is 3.34. The van der Waals surface area contributed by atoms with Crippen molar-refractivity contribution >= 4 is 0 Å². The molecule has 0 radical (unpaired) electrons. The first kappa shape index (κ1) is 19.6. The number of nitrogens with zero attached hydrogens (tertiary/aromatic N) is 2. The Hall–Kier alpha value is -1.68. The van der Waals surface area contributed by atoms with Crippen LogP contribution in [0.4, 0.5) is 0 Å². The maximum absolute atomic E-state index is 9.73. The van der Waals surface area contributed by atoms with Crippen LogP contribution in [0, 0.1) is 5.92 Å². The quantitative estimate of drug-likeness (QED) is 0.900. The third kappa shape index (κ3) is 6.62. The molecule has 1 aliphatic heterocycles. The van der Waals surface area contributed by atoms with Gasteiger partial charge in [-0.3, -0.25) is 9.80 Å². The summed E-state index contributed by atoms with van der Waals surface area (Å²) in [5, 5.41) is 9.73. The summed E-state index contributed by atoms with van der Waals surface area (Å²) in [6, 6.07) is 21.2. The third-order valence-corrected chi connectivity index (χ3v) is 4.52. The Bertz CT molecular complexity index is 522. The van der Waals surface area contributed by atoms with Crippen molar-refractivity contribution in [2.75, 3.05) is 32.8 Å². The highest BCUT2D eigenvalue weighted by molar-refractivity contribution is 5.15. The van der Waals surface area contributed by atoms with Crippen LogP contribution in [-0.4, -0.2) is 47.7 Å². The van der Waals surface area contributed by atoms with Gasteiger partial charge in [-0.25, -0.2) is 0 Å². The van der Waals surface area contributed by atoms with E-state index in [9.17, 15) is 5.11 Å². The normalized spacial score (nSPS) is 16.8. The lowest BCUT2D eigenvalue weighted by Gasteiger charge is -2.23. The molecule has 3 heteroatoms. The maximum atomic E-state index is 9.73. The van der Waals surface area contributed by atoms with Gasteiger partial charge < -0.3 is 5.11 Å². The molecule has 1 N–H and O–H groups in total. The van der Waals surface area contributed by atoms with Gasteiger partial charge >= 0.3 is 0 Å². The molecular weight excluding hydrogens is 308 g/mol. The minimum absolute atomic E-state index is 0.260. The highest BCUT2D eigenvalue weighted by Crippen LogP contribution is 2.15. The molecule has 0 bridgehead atoms. The molecule has 0 aliphatic carbocycles. The topological polar surface area (TPSA) is 26.7 Å². The zero-order valence-electron chi connectivity index (χ0n) is 15.6. The van der Waals surface area contributed by atoms with Gasteiger partial charge in [0.2, 0.25) is 0 Å². The van der Waals surface area contributed by atoms with Gasteiger partial charge in [0, 0.05) is 51.8 Å². The zero-order chi connectivity index (χ0) is 17.9. The summed E-state index contributed by atoms with van der Waals surface area (Å²) in [7, 11) is 0. The van der Waals surface area contributed by atoms with Crippen LogP contribution in [0.1, 0.15) is 25.0 Å². The molecule has 0 spiro atoms. The highest BCUT2D eigenvalue weighted by Gasteiger charge is 2.22. The molecule has 0 aromatic heterocycles. The van der Waals surface area contributed by atoms with E-state index in [0.717, 1.165) is 39.3 Å². The molecule has 0 saturated carbocycles. The molecule has 1 fully saturated rings. The first-order chi connectivity index (χ1) is 12.3. The van der Waals surface area contributed by atoms with Crippen molar-refractivity contribution in [3.8, 4) is 0 Å². The van der Waals surface area contributed by atoms with Crippen molar-refractivity contribution in [3.05, 3.63) is 71.8 Å². The smallest absolute Gasteiger partial charge is 0.0483 e. The lowest BCUT2D eigenvalue weighted by molar-refractivity contribution is 0.161. The fourth-order valence-corrected chi connectivity index (χ4v) is 3.34. The monoisotopic (exact) mass is 340 g/mol. The van der Waals surface area contributed by atoms with Crippen molar-refractivity contribution in [1.29, 1.82) is 0 Å². The van der Waals surface area contributed by atoms with Gasteiger partial charge in [-0.05, 0) is 11.1 Å². The average Bonchev–Trinajstić information content (AvgIpc) is 2.87. The second kappa shape index (κ2) is 11.0. The largest absolute Gasteiger partial charge is 0.396 e. The molecule has 1 aliphatic rings. The molecule has 0 amide bonds. The van der Waals surface area contributed by atoms with E-state index in [1.54, 1.807) is 0 Å². The highest BCUT2D eigenvalue weighted by atomic mass is 16.3. The Morgan fingerprint density at radius 1 is 0.760 bits per heavy atom. The van der Waals surface area contributed by atoms with E-state index in [1.165, 1.54) is 11.1 Å². The predicted octanol–water partition coefficient (Wildman–Crippen LogP) is 3.64. The van der Waals surface area contributed by atoms with Gasteiger partial charge in [-0.15, -0.1) is 0 Å². The Labute approximate surface area is 152 Å². The Morgan fingerprint density at radius 2 is 1.16 bits per heavy atom. The summed E-state index contributed by atoms with van der Waals surface area (Å²) in [4.78, 5) is 4.95. The van der Waals surface area contributed by atoms with E-state index in [-0.39, 0.29) is 6.61 Å². The molecule has 2 aromatic rings. The van der Waals surface area contributed by atoms with Gasteiger partial charge in [-0.2, -0.15) is 0 Å². The van der Waals surface area contributed by atoms with Crippen molar-refractivity contribution in [2.45, 2.75) is 26.9 Å². The minimum atomic E-state index is 0.260. The lowest BCUT2D eigenvalue weighted by atomic mass is 10.1. The SMILES string of the molecule is CC.OCC1CN(Cc2ccccc2)CCN(Cc2ccccc2)C1. The summed E-state index contributed by atoms with van der Waals surface area (Å²) >= 11 is 0. The van der Waals surface area contributed by atoms with E-state index >= 15 is 0 Å². The fraction of sp³-hybridized carbons (Fsp3) is 0.455. The summed E-state index contributed by atoms with van der Waals surface area (Å²) in [5.74, 6) is 0.324. The molecule has 3 nitrogen and oxygen atoms in total. The van der Waals surface area contributed by atoms with Crippen LogP contribution < -0.4 is 0 Å². The van der Waals surface area contributed by atoms with Crippen LogP contribution in [0.5, 0.6) is 0 Å². The second-order valence-corrected chi connectivity index (χ2v) is 6.49. The van der Waals surface area contributed by atoms with Crippen molar-refractivity contribution in [3.63, 3.8) is 0 Å². The van der Waals surface area contributed by atoms with Gasteiger partial charge in [0.05, 0.1) is 0 Å². The van der Waals surface area contributed by atoms with Crippen LogP contribution in [0.3, 0.4) is 0 Å². The average molecular weight is 341 g/mol. The molecular formula is C22H32N2O. The van der Waals surface area contributed by atoms with E-state index in [4.69, 9.17) is 0 Å². The number of aliphatic hydroxyl groups excluding tert-OH is 1. The van der Waals surface area contributed by atoms with E-state index < -0.39 is 0 Å². The van der Waals surface area contributed by atoms with Crippen LogP contribution >= 0.6 is 0 Å². The Morgan fingerprint density at radius 3 is 1.52 bits per heavy atom. The first-order valence-corrected chi connectivity index (χ1v) is 9.47. The zero-order valence-corrected chi connectivity index (χ0v) is 15.6. The Kier molecular flexibility index (Phi) is 8.67. The molecule has 0 atom stereocenters. The predicted molar refractivity (Wildman–Crippen MR) is 105 cm³/mol. The van der Waals surface area contributed by atoms with Gasteiger partial charge in [-0.1, -0.05) is 74.5 Å². The first-order valence-electron chi connectivity index (χ1n) is 9.47. The summed E-state index contributed by atoms with van der Waals surface area (Å²) < 4.78 is 0. The van der Waals surface area contributed by atoms with Crippen LogP contribution in [0.15, 0.2) is 60.7 Å². The minimum Gasteiger partial charge on any atom is -0.396 e. The summed E-state index contributed by atoms with van der Waals surface area (Å²) in [6.45, 7) is 10.2. The maximum Gasteiger partial charge on any atom is 0.0483 e. The summed E-state index contributed by atoms with van der Waals surface area (Å²) in [6.07, 6.45) is 0. The Balaban J connectivity index is 0.00000109. The number of benzene rings is 2. The van der Waals surface area contributed by atoms with Crippen molar-refractivity contribution in [2.24, 2.45) is 5.92 Å². The number of rotatable bonds is 5. The second-order valence-electron chi connectivity index (χ2n) is 6.49. The molecule has 1 heterocycles. The van der Waals surface area contributed by atoms with Gasteiger partial charge in [0.1, 0.15) is 0 Å². The molecule has 2 aromatic carbocycles. The standard InChI is InChI=1S/C20H26N2O.C2H6/c23-17-20-15-21(13-18-7-3-1-4-8-18)11-12-22(16-20)14-19-9-5-2-6-10-19;1-2/h1-10,20,23H,11-17H2;1-2H3. The third-order valence-electron chi connectivity index (χ3n) is 4.52. The van der Waals surface area contributed by atoms with Crippen LogP contribution in [0.2, 0.25) is 0 Å². The number of aliphatic hydroxyl groups is 1. The van der Waals surface area contributed by atoms with Gasteiger partial charge in [0.25, 0.3) is 0 Å². The molecule has 3 rings (SSSR count). The van der Waals surface area contributed by atoms with E-state index in [1.807, 2.05) is 13.8 Å². The van der Waals surface area contributed by atoms with Gasteiger partial charge in [0.15, 0.2) is 0 Å². The van der Waals surface area contributed by atoms with Crippen molar-refractivity contribution in [1.82, 2.24) is 9.80 Å². The number of hydrogen-bond donors (Lipinski definition) is 1. The lowest BCUT2D eigenvalue weighted by Crippen LogP contribution is -2.31. The summed E-state index contributed by atoms with van der Waals surface area (Å²) in [5.41, 5.74) is 2.70. The van der Waals surface area contributed by atoms with E-state index in [0.29, 0.717) is 5.92 Å². The molecule has 1 saturated heterocycles. The van der Waals surface area contributed by atoms with Crippen molar-refractivity contribution < 1.29 is 5.11 Å². The number of hydrogen-bond acceptors (Lipinski definition) is 3. The molecule has 0 unspecified atom stereocenters. The van der Waals surface area contributed by atoms with Crippen LogP contribution in [0.25, 0.3) is 0 Å². The van der Waals surface area contributed by atoms with Crippen LogP contribution in [-0.2, 0) is 13.1 Å².